The Hall–Kier alpha value is -3.19. The quantitative estimate of drug-likeness (QED) is 0.547. The van der Waals surface area contributed by atoms with Crippen molar-refractivity contribution in [2.24, 2.45) is 11.5 Å². The van der Waals surface area contributed by atoms with Gasteiger partial charge < -0.3 is 31.3 Å². The molecule has 2 heterocycles. The Morgan fingerprint density at radius 3 is 2.82 bits per heavy atom. The number of furan rings is 1. The lowest BCUT2D eigenvalue weighted by Crippen LogP contribution is -2.22. The number of hydrogen-bond donors (Lipinski definition) is 4. The van der Waals surface area contributed by atoms with Gasteiger partial charge in [0.05, 0.1) is 12.6 Å². The monoisotopic (exact) mass is 382 g/mol. The normalized spacial score (nSPS) is 17.5. The highest BCUT2D eigenvalue weighted by molar-refractivity contribution is 5.95. The first-order chi connectivity index (χ1) is 13.5. The minimum Gasteiger partial charge on any atom is -0.465 e. The third-order valence-electron chi connectivity index (χ3n) is 4.39. The number of amides is 1. The van der Waals surface area contributed by atoms with Crippen molar-refractivity contribution in [2.75, 3.05) is 11.9 Å². The van der Waals surface area contributed by atoms with Crippen molar-refractivity contribution in [1.82, 2.24) is 5.32 Å². The van der Waals surface area contributed by atoms with E-state index in [9.17, 15) is 4.79 Å². The highest BCUT2D eigenvalue weighted by Gasteiger charge is 2.17. The molecule has 148 valence electrons. The molecule has 0 aliphatic carbocycles. The second kappa shape index (κ2) is 9.14. The first-order valence-electron chi connectivity index (χ1n) is 9.26. The minimum absolute atomic E-state index is 0.0333. The molecule has 7 nitrogen and oxygen atoms in total. The van der Waals surface area contributed by atoms with E-state index >= 15 is 0 Å². The number of carbonyl (C=O) groups excluding carboxylic acids is 1. The lowest BCUT2D eigenvalue weighted by Gasteiger charge is -2.10. The van der Waals surface area contributed by atoms with Crippen LogP contribution < -0.4 is 22.1 Å². The van der Waals surface area contributed by atoms with Gasteiger partial charge in [-0.2, -0.15) is 0 Å². The summed E-state index contributed by atoms with van der Waals surface area (Å²) in [7, 11) is 0. The Balaban J connectivity index is 1.58. The zero-order valence-corrected chi connectivity index (χ0v) is 15.9. The summed E-state index contributed by atoms with van der Waals surface area (Å²) in [5, 5.41) is 5.89. The predicted molar refractivity (Wildman–Crippen MR) is 108 cm³/mol. The summed E-state index contributed by atoms with van der Waals surface area (Å²) in [6.45, 7) is 2.94. The molecule has 0 saturated carbocycles. The Morgan fingerprint density at radius 1 is 1.25 bits per heavy atom. The third-order valence-corrected chi connectivity index (χ3v) is 4.39. The van der Waals surface area contributed by atoms with Crippen LogP contribution in [0.5, 0.6) is 0 Å². The maximum absolute atomic E-state index is 12.4. The summed E-state index contributed by atoms with van der Waals surface area (Å²) < 4.78 is 11.0. The zero-order valence-electron chi connectivity index (χ0n) is 15.9. The fourth-order valence-electron chi connectivity index (χ4n) is 2.93. The number of hydrogen-bond acceptors (Lipinski definition) is 6. The zero-order chi connectivity index (χ0) is 19.9. The van der Waals surface area contributed by atoms with Crippen molar-refractivity contribution in [3.63, 3.8) is 0 Å². The van der Waals surface area contributed by atoms with Crippen LogP contribution in [0.3, 0.4) is 0 Å². The Bertz CT molecular complexity index is 879. The first kappa shape index (κ1) is 19.6. The van der Waals surface area contributed by atoms with Gasteiger partial charge in [0.25, 0.3) is 5.91 Å². The minimum atomic E-state index is -0.192. The molecule has 6 N–H and O–H groups in total. The molecule has 1 unspecified atom stereocenters. The van der Waals surface area contributed by atoms with Gasteiger partial charge in [-0.1, -0.05) is 6.07 Å². The number of nitrogens with two attached hydrogens (primary N) is 2. The molecule has 0 radical (unpaired) electrons. The molecule has 28 heavy (non-hydrogen) atoms. The number of carbonyl (C=O) groups is 1. The SMILES string of the molecule is Cc1ccc(CNC(=O)c2cccc(N/C(N)=C/C=C(\N)C3CCCO3)c2)o1. The van der Waals surface area contributed by atoms with Gasteiger partial charge in [0.15, 0.2) is 0 Å². The molecule has 1 atom stereocenters. The molecule has 1 aromatic heterocycles. The van der Waals surface area contributed by atoms with Crippen molar-refractivity contribution >= 4 is 11.6 Å². The second-order valence-corrected chi connectivity index (χ2v) is 6.69. The summed E-state index contributed by atoms with van der Waals surface area (Å²) in [5.74, 6) is 1.75. The van der Waals surface area contributed by atoms with E-state index in [0.29, 0.717) is 35.1 Å². The molecule has 0 spiro atoms. The van der Waals surface area contributed by atoms with E-state index in [1.807, 2.05) is 25.1 Å². The van der Waals surface area contributed by atoms with Gasteiger partial charge >= 0.3 is 0 Å². The molecule has 1 fully saturated rings. The Labute approximate surface area is 164 Å². The van der Waals surface area contributed by atoms with E-state index in [2.05, 4.69) is 10.6 Å². The van der Waals surface area contributed by atoms with Crippen LogP contribution >= 0.6 is 0 Å². The standard InChI is InChI=1S/C21H26N4O3/c1-14-7-8-17(28-14)13-24-21(26)15-4-2-5-16(12-15)25-20(23)10-9-18(22)19-6-3-11-27-19/h2,4-5,7-10,12,19,25H,3,6,11,13,22-23H2,1H3,(H,24,26)/b18-9-,20-10+. The Morgan fingerprint density at radius 2 is 2.11 bits per heavy atom. The van der Waals surface area contributed by atoms with E-state index in [0.717, 1.165) is 25.2 Å². The number of anilines is 1. The molecular formula is C21H26N4O3. The van der Waals surface area contributed by atoms with Crippen molar-refractivity contribution < 1.29 is 13.9 Å². The van der Waals surface area contributed by atoms with E-state index in [1.54, 1.807) is 30.4 Å². The van der Waals surface area contributed by atoms with E-state index in [1.165, 1.54) is 0 Å². The number of aryl methyl sites for hydroxylation is 1. The number of ether oxygens (including phenoxy) is 1. The fourth-order valence-corrected chi connectivity index (χ4v) is 2.93. The van der Waals surface area contributed by atoms with Gasteiger partial charge in [0, 0.05) is 23.6 Å². The van der Waals surface area contributed by atoms with Crippen molar-refractivity contribution in [2.45, 2.75) is 32.4 Å². The highest BCUT2D eigenvalue weighted by Crippen LogP contribution is 2.17. The molecule has 1 amide bonds. The van der Waals surface area contributed by atoms with E-state index in [4.69, 9.17) is 20.6 Å². The van der Waals surface area contributed by atoms with E-state index in [-0.39, 0.29) is 12.0 Å². The predicted octanol–water partition coefficient (Wildman–Crippen LogP) is 2.75. The highest BCUT2D eigenvalue weighted by atomic mass is 16.5. The van der Waals surface area contributed by atoms with Gasteiger partial charge in [-0.3, -0.25) is 4.79 Å². The topological polar surface area (TPSA) is 116 Å². The smallest absolute Gasteiger partial charge is 0.251 e. The van der Waals surface area contributed by atoms with Gasteiger partial charge in [-0.25, -0.2) is 0 Å². The molecule has 1 aromatic carbocycles. The summed E-state index contributed by atoms with van der Waals surface area (Å²) >= 11 is 0. The van der Waals surface area contributed by atoms with Crippen molar-refractivity contribution in [3.8, 4) is 0 Å². The van der Waals surface area contributed by atoms with E-state index < -0.39 is 0 Å². The average molecular weight is 382 g/mol. The van der Waals surface area contributed by atoms with Crippen LogP contribution in [0, 0.1) is 6.92 Å². The molecule has 2 aromatic rings. The molecule has 1 aliphatic heterocycles. The van der Waals surface area contributed by atoms with Gasteiger partial charge in [-0.15, -0.1) is 0 Å². The maximum atomic E-state index is 12.4. The van der Waals surface area contributed by atoms with Crippen molar-refractivity contribution in [1.29, 1.82) is 0 Å². The summed E-state index contributed by atoms with van der Waals surface area (Å²) in [6, 6.07) is 10.8. The van der Waals surface area contributed by atoms with Gasteiger partial charge in [0.1, 0.15) is 17.3 Å². The molecule has 7 heteroatoms. The molecule has 1 aliphatic rings. The fraction of sp³-hybridized carbons (Fsp3) is 0.286. The second-order valence-electron chi connectivity index (χ2n) is 6.69. The lowest BCUT2D eigenvalue weighted by molar-refractivity contribution is 0.0948. The average Bonchev–Trinajstić information content (AvgIpc) is 3.36. The van der Waals surface area contributed by atoms with Crippen LogP contribution in [0.4, 0.5) is 5.69 Å². The summed E-state index contributed by atoms with van der Waals surface area (Å²) in [4.78, 5) is 12.4. The third kappa shape index (κ3) is 5.40. The molecule has 1 saturated heterocycles. The largest absolute Gasteiger partial charge is 0.465 e. The number of rotatable bonds is 7. The number of nitrogens with one attached hydrogen (secondary N) is 2. The molecular weight excluding hydrogens is 356 g/mol. The number of allylic oxidation sites excluding steroid dienone is 2. The van der Waals surface area contributed by atoms with Gasteiger partial charge in [0.2, 0.25) is 0 Å². The summed E-state index contributed by atoms with van der Waals surface area (Å²) in [6.07, 6.45) is 5.36. The van der Waals surface area contributed by atoms with Crippen molar-refractivity contribution in [3.05, 3.63) is 77.2 Å². The van der Waals surface area contributed by atoms with Crippen LogP contribution in [0.1, 0.15) is 34.7 Å². The van der Waals surface area contributed by atoms with Crippen LogP contribution in [-0.2, 0) is 11.3 Å². The molecule has 0 bridgehead atoms. The lowest BCUT2D eigenvalue weighted by atomic mass is 10.1. The number of benzene rings is 1. The van der Waals surface area contributed by atoms with Crippen LogP contribution in [0.2, 0.25) is 0 Å². The van der Waals surface area contributed by atoms with Crippen LogP contribution in [0.25, 0.3) is 0 Å². The Kier molecular flexibility index (Phi) is 6.39. The first-order valence-corrected chi connectivity index (χ1v) is 9.26. The molecule has 3 rings (SSSR count). The van der Waals surface area contributed by atoms with Crippen LogP contribution in [-0.4, -0.2) is 18.6 Å². The van der Waals surface area contributed by atoms with Gasteiger partial charge in [-0.05, 0) is 62.2 Å². The van der Waals surface area contributed by atoms with Crippen LogP contribution in [0.15, 0.2) is 64.5 Å². The maximum Gasteiger partial charge on any atom is 0.251 e. The summed E-state index contributed by atoms with van der Waals surface area (Å²) in [5.41, 5.74) is 13.9.